The van der Waals surface area contributed by atoms with Crippen molar-refractivity contribution in [2.24, 2.45) is 17.6 Å². The van der Waals surface area contributed by atoms with Gasteiger partial charge in [0.2, 0.25) is 11.8 Å². The quantitative estimate of drug-likeness (QED) is 0.549. The van der Waals surface area contributed by atoms with Gasteiger partial charge in [0.05, 0.1) is 12.6 Å². The van der Waals surface area contributed by atoms with Crippen LogP contribution in [0.3, 0.4) is 0 Å². The molecule has 0 aromatic carbocycles. The first-order valence-corrected chi connectivity index (χ1v) is 5.87. The van der Waals surface area contributed by atoms with E-state index in [-0.39, 0.29) is 36.8 Å². The maximum absolute atomic E-state index is 11.6. The zero-order valence-corrected chi connectivity index (χ0v) is 10.3. The molecular formula is C11H21N3O3. The molecule has 0 aromatic rings. The molecule has 1 aliphatic heterocycles. The number of hydrogen-bond acceptors (Lipinski definition) is 4. The summed E-state index contributed by atoms with van der Waals surface area (Å²) >= 11 is 0. The van der Waals surface area contributed by atoms with E-state index in [9.17, 15) is 9.59 Å². The van der Waals surface area contributed by atoms with Crippen LogP contribution >= 0.6 is 0 Å². The molecule has 6 nitrogen and oxygen atoms in total. The summed E-state index contributed by atoms with van der Waals surface area (Å²) in [4.78, 5) is 24.7. The van der Waals surface area contributed by atoms with Gasteiger partial charge in [-0.05, 0) is 5.92 Å². The van der Waals surface area contributed by atoms with Crippen LogP contribution in [0.15, 0.2) is 0 Å². The third kappa shape index (κ3) is 3.67. The van der Waals surface area contributed by atoms with Crippen LogP contribution in [0, 0.1) is 11.8 Å². The number of rotatable bonds is 5. The topological polar surface area (TPSA) is 95.7 Å². The molecule has 0 saturated carbocycles. The normalized spacial score (nSPS) is 17.8. The first-order chi connectivity index (χ1) is 7.95. The van der Waals surface area contributed by atoms with Gasteiger partial charge in [-0.1, -0.05) is 13.8 Å². The predicted molar refractivity (Wildman–Crippen MR) is 63.0 cm³/mol. The van der Waals surface area contributed by atoms with Crippen molar-refractivity contribution in [1.82, 2.24) is 10.2 Å². The molecule has 0 unspecified atom stereocenters. The fraction of sp³-hybridized carbons (Fsp3) is 0.818. The van der Waals surface area contributed by atoms with Gasteiger partial charge in [-0.2, -0.15) is 0 Å². The number of nitrogens with two attached hydrogens (primary N) is 1. The van der Waals surface area contributed by atoms with E-state index in [1.54, 1.807) is 4.90 Å². The lowest BCUT2D eigenvalue weighted by Gasteiger charge is -2.38. The summed E-state index contributed by atoms with van der Waals surface area (Å²) < 4.78 is 0. The van der Waals surface area contributed by atoms with Gasteiger partial charge in [0.15, 0.2) is 0 Å². The molecule has 1 atom stereocenters. The predicted octanol–water partition coefficient (Wildman–Crippen LogP) is -1.46. The molecule has 1 heterocycles. The Morgan fingerprint density at radius 3 is 2.53 bits per heavy atom. The molecule has 0 aliphatic carbocycles. The van der Waals surface area contributed by atoms with Crippen LogP contribution in [-0.4, -0.2) is 54.1 Å². The second-order valence-corrected chi connectivity index (χ2v) is 4.83. The molecule has 98 valence electrons. The number of nitrogens with one attached hydrogen (secondary N) is 1. The number of carbonyl (C=O) groups is 2. The van der Waals surface area contributed by atoms with Crippen LogP contribution in [0.2, 0.25) is 0 Å². The van der Waals surface area contributed by atoms with Crippen molar-refractivity contribution < 1.29 is 14.7 Å². The number of aliphatic hydroxyl groups is 1. The lowest BCUT2D eigenvalue weighted by molar-refractivity contribution is -0.139. The van der Waals surface area contributed by atoms with Gasteiger partial charge < -0.3 is 21.1 Å². The Kier molecular flexibility index (Phi) is 4.89. The van der Waals surface area contributed by atoms with Crippen molar-refractivity contribution in [3.8, 4) is 0 Å². The van der Waals surface area contributed by atoms with Crippen LogP contribution in [0.4, 0.5) is 0 Å². The first kappa shape index (κ1) is 13.9. The Labute approximate surface area is 101 Å². The van der Waals surface area contributed by atoms with E-state index in [2.05, 4.69) is 5.32 Å². The molecule has 6 heteroatoms. The molecule has 4 N–H and O–H groups in total. The van der Waals surface area contributed by atoms with Gasteiger partial charge in [-0.3, -0.25) is 9.59 Å². The number of aliphatic hydroxyl groups excluding tert-OH is 1. The molecule has 0 aromatic heterocycles. The van der Waals surface area contributed by atoms with Gasteiger partial charge >= 0.3 is 0 Å². The van der Waals surface area contributed by atoms with Crippen LogP contribution in [0.5, 0.6) is 0 Å². The summed E-state index contributed by atoms with van der Waals surface area (Å²) in [5, 5.41) is 11.3. The largest absolute Gasteiger partial charge is 0.396 e. The van der Waals surface area contributed by atoms with E-state index in [4.69, 9.17) is 10.8 Å². The lowest BCUT2D eigenvalue weighted by atomic mass is 10.0. The number of likely N-dealkylation sites (tertiary alicyclic amines) is 1. The smallest absolute Gasteiger partial charge is 0.241 e. The SMILES string of the molecule is CC(C)[C@H](N)C(=O)NCC(=O)N1CC(CO)C1. The molecule has 17 heavy (non-hydrogen) atoms. The number of carbonyl (C=O) groups excluding carboxylic acids is 2. The summed E-state index contributed by atoms with van der Waals surface area (Å²) in [7, 11) is 0. The number of nitrogens with zero attached hydrogens (tertiary/aromatic N) is 1. The minimum atomic E-state index is -0.579. The third-order valence-electron chi connectivity index (χ3n) is 3.00. The maximum Gasteiger partial charge on any atom is 0.241 e. The highest BCUT2D eigenvalue weighted by Crippen LogP contribution is 2.13. The van der Waals surface area contributed by atoms with Crippen LogP contribution in [0.25, 0.3) is 0 Å². The van der Waals surface area contributed by atoms with Crippen molar-refractivity contribution >= 4 is 11.8 Å². The highest BCUT2D eigenvalue weighted by atomic mass is 16.3. The van der Waals surface area contributed by atoms with E-state index in [1.807, 2.05) is 13.8 Å². The van der Waals surface area contributed by atoms with E-state index in [1.165, 1.54) is 0 Å². The second-order valence-electron chi connectivity index (χ2n) is 4.83. The van der Waals surface area contributed by atoms with E-state index in [0.29, 0.717) is 13.1 Å². The van der Waals surface area contributed by atoms with Gasteiger partial charge in [-0.15, -0.1) is 0 Å². The average Bonchev–Trinajstić information content (AvgIpc) is 2.23. The van der Waals surface area contributed by atoms with E-state index >= 15 is 0 Å². The zero-order valence-electron chi connectivity index (χ0n) is 10.3. The lowest BCUT2D eigenvalue weighted by Crippen LogP contribution is -2.55. The molecule has 1 fully saturated rings. The molecule has 1 rings (SSSR count). The Hall–Kier alpha value is -1.14. The fourth-order valence-corrected chi connectivity index (χ4v) is 1.58. The monoisotopic (exact) mass is 243 g/mol. The Balaban J connectivity index is 2.23. The highest BCUT2D eigenvalue weighted by molar-refractivity contribution is 5.87. The Morgan fingerprint density at radius 2 is 2.06 bits per heavy atom. The van der Waals surface area contributed by atoms with Crippen molar-refractivity contribution in [3.63, 3.8) is 0 Å². The standard InChI is InChI=1S/C11H21N3O3/c1-7(2)10(12)11(17)13-3-9(16)14-4-8(5-14)6-15/h7-8,10,15H,3-6,12H2,1-2H3,(H,13,17)/t10-/m0/s1. The van der Waals surface area contributed by atoms with Crippen molar-refractivity contribution in [3.05, 3.63) is 0 Å². The fourth-order valence-electron chi connectivity index (χ4n) is 1.58. The minimum absolute atomic E-state index is 0.0165. The van der Waals surface area contributed by atoms with Gasteiger partial charge in [-0.25, -0.2) is 0 Å². The zero-order chi connectivity index (χ0) is 13.0. The first-order valence-electron chi connectivity index (χ1n) is 5.87. The van der Waals surface area contributed by atoms with Crippen molar-refractivity contribution in [2.75, 3.05) is 26.2 Å². The molecule has 1 aliphatic rings. The van der Waals surface area contributed by atoms with E-state index in [0.717, 1.165) is 0 Å². The Morgan fingerprint density at radius 1 is 1.47 bits per heavy atom. The Bertz CT molecular complexity index is 288. The second kappa shape index (κ2) is 5.97. The maximum atomic E-state index is 11.6. The summed E-state index contributed by atoms with van der Waals surface area (Å²) in [6, 6.07) is -0.579. The molecule has 0 spiro atoms. The average molecular weight is 243 g/mol. The summed E-state index contributed by atoms with van der Waals surface area (Å²) in [5.74, 6) is -0.188. The summed E-state index contributed by atoms with van der Waals surface area (Å²) in [6.45, 7) is 4.94. The van der Waals surface area contributed by atoms with Crippen LogP contribution in [-0.2, 0) is 9.59 Å². The summed E-state index contributed by atoms with van der Waals surface area (Å²) in [5.41, 5.74) is 5.64. The number of hydrogen-bond donors (Lipinski definition) is 3. The molecular weight excluding hydrogens is 222 g/mol. The molecule has 2 amide bonds. The molecule has 0 radical (unpaired) electrons. The van der Waals surface area contributed by atoms with Gasteiger partial charge in [0.25, 0.3) is 0 Å². The van der Waals surface area contributed by atoms with Crippen LogP contribution in [0.1, 0.15) is 13.8 Å². The van der Waals surface area contributed by atoms with Crippen molar-refractivity contribution in [2.45, 2.75) is 19.9 Å². The number of amides is 2. The van der Waals surface area contributed by atoms with Gasteiger partial charge in [0.1, 0.15) is 0 Å². The van der Waals surface area contributed by atoms with Crippen molar-refractivity contribution in [1.29, 1.82) is 0 Å². The van der Waals surface area contributed by atoms with Crippen LogP contribution < -0.4 is 11.1 Å². The summed E-state index contributed by atoms with van der Waals surface area (Å²) in [6.07, 6.45) is 0. The van der Waals surface area contributed by atoms with Gasteiger partial charge in [0, 0.05) is 25.6 Å². The molecule has 1 saturated heterocycles. The highest BCUT2D eigenvalue weighted by Gasteiger charge is 2.30. The minimum Gasteiger partial charge on any atom is -0.396 e. The van der Waals surface area contributed by atoms with E-state index < -0.39 is 6.04 Å². The molecule has 0 bridgehead atoms. The third-order valence-corrected chi connectivity index (χ3v) is 3.00.